The smallest absolute Gasteiger partial charge is 0.306 e. The van der Waals surface area contributed by atoms with Gasteiger partial charge in [0.05, 0.1) is 6.42 Å². The Bertz CT molecular complexity index is 1040. The highest BCUT2D eigenvalue weighted by Crippen LogP contribution is 2.34. The molecule has 1 N–H and O–H groups in total. The number of amides is 1. The van der Waals surface area contributed by atoms with E-state index in [9.17, 15) is 9.59 Å². The van der Waals surface area contributed by atoms with Crippen LogP contribution in [0.3, 0.4) is 0 Å². The molecule has 0 radical (unpaired) electrons. The molecule has 1 amide bonds. The molecule has 0 aliphatic heterocycles. The van der Waals surface area contributed by atoms with Crippen molar-refractivity contribution in [3.8, 4) is 0 Å². The number of benzene rings is 2. The summed E-state index contributed by atoms with van der Waals surface area (Å²) in [7, 11) is 0. The lowest BCUT2D eigenvalue weighted by molar-refractivity contribution is -0.155. The van der Waals surface area contributed by atoms with Gasteiger partial charge < -0.3 is 10.1 Å². The summed E-state index contributed by atoms with van der Waals surface area (Å²) in [5, 5.41) is 3.16. The van der Waals surface area contributed by atoms with Gasteiger partial charge in [0.1, 0.15) is 5.60 Å². The van der Waals surface area contributed by atoms with Gasteiger partial charge in [-0.3, -0.25) is 9.59 Å². The molecule has 1 atom stereocenters. The van der Waals surface area contributed by atoms with Gasteiger partial charge in [0.2, 0.25) is 0 Å². The maximum absolute atomic E-state index is 13.5. The van der Waals surface area contributed by atoms with Crippen LogP contribution in [0.15, 0.2) is 52.5 Å². The van der Waals surface area contributed by atoms with Crippen LogP contribution in [0.5, 0.6) is 0 Å². The number of nitrogens with one attached hydrogen (secondary N) is 1. The summed E-state index contributed by atoms with van der Waals surface area (Å²) in [6.07, 6.45) is 4.47. The van der Waals surface area contributed by atoms with Crippen molar-refractivity contribution in [2.75, 3.05) is 5.32 Å². The molecule has 5 heteroatoms. The van der Waals surface area contributed by atoms with Gasteiger partial charge in [-0.15, -0.1) is 0 Å². The van der Waals surface area contributed by atoms with E-state index in [0.717, 1.165) is 58.1 Å². The summed E-state index contributed by atoms with van der Waals surface area (Å²) in [6, 6.07) is 13.8. The van der Waals surface area contributed by atoms with Crippen molar-refractivity contribution < 1.29 is 14.3 Å². The van der Waals surface area contributed by atoms with Gasteiger partial charge in [-0.2, -0.15) is 0 Å². The van der Waals surface area contributed by atoms with E-state index in [0.29, 0.717) is 6.42 Å². The molecule has 0 saturated heterocycles. The van der Waals surface area contributed by atoms with Crippen LogP contribution in [0.4, 0.5) is 5.69 Å². The largest absolute Gasteiger partial charge is 0.460 e. The molecule has 0 bridgehead atoms. The lowest BCUT2D eigenvalue weighted by Gasteiger charge is -2.22. The quantitative estimate of drug-likeness (QED) is 0.321. The highest BCUT2D eigenvalue weighted by molar-refractivity contribution is 9.10. The van der Waals surface area contributed by atoms with Crippen molar-refractivity contribution in [1.29, 1.82) is 0 Å². The zero-order valence-corrected chi connectivity index (χ0v) is 21.8. The van der Waals surface area contributed by atoms with Gasteiger partial charge in [0.25, 0.3) is 5.91 Å². The highest BCUT2D eigenvalue weighted by atomic mass is 79.9. The second kappa shape index (κ2) is 10.7. The minimum atomic E-state index is -0.501. The van der Waals surface area contributed by atoms with Crippen LogP contribution >= 0.6 is 15.9 Å². The van der Waals surface area contributed by atoms with E-state index >= 15 is 0 Å². The Labute approximate surface area is 205 Å². The molecule has 4 nitrogen and oxygen atoms in total. The predicted octanol–water partition coefficient (Wildman–Crippen LogP) is 7.56. The third-order valence-electron chi connectivity index (χ3n) is 5.97. The van der Waals surface area contributed by atoms with Gasteiger partial charge >= 0.3 is 5.97 Å². The molecule has 0 heterocycles. The van der Waals surface area contributed by atoms with Crippen LogP contribution in [-0.4, -0.2) is 17.5 Å². The number of allylic oxidation sites excluding steroid dienone is 1. The molecule has 2 aromatic rings. The number of hydrogen-bond donors (Lipinski definition) is 1. The van der Waals surface area contributed by atoms with E-state index < -0.39 is 5.60 Å². The first-order valence-corrected chi connectivity index (χ1v) is 12.4. The molecule has 0 aromatic heterocycles. The van der Waals surface area contributed by atoms with Gasteiger partial charge in [0.15, 0.2) is 0 Å². The third kappa shape index (κ3) is 6.80. The minimum absolute atomic E-state index is 0.0177. The standard InChI is InChI=1S/C28H34BrNO3/c1-18(17-25(31)33-28(3,4)5)23-11-8-12-24(19(23)2)30-27(32)26(20-9-6-7-10-20)21-13-15-22(29)16-14-21/h8,11-16,18H,6-7,9-10,17H2,1-5H3,(H,30,32). The zero-order chi connectivity index (χ0) is 24.2. The molecular formula is C28H34BrNO3. The van der Waals surface area contributed by atoms with Crippen LogP contribution in [0, 0.1) is 6.92 Å². The van der Waals surface area contributed by atoms with Crippen molar-refractivity contribution in [3.05, 3.63) is 69.2 Å². The first kappa shape index (κ1) is 25.2. The minimum Gasteiger partial charge on any atom is -0.460 e. The van der Waals surface area contributed by atoms with Crippen LogP contribution in [0.2, 0.25) is 0 Å². The van der Waals surface area contributed by atoms with E-state index in [1.54, 1.807) is 0 Å². The van der Waals surface area contributed by atoms with Gasteiger partial charge in [-0.05, 0) is 94.2 Å². The number of esters is 1. The normalized spacial score (nSPS) is 14.7. The number of carbonyl (C=O) groups excluding carboxylic acids is 2. The lowest BCUT2D eigenvalue weighted by Crippen LogP contribution is -2.24. The SMILES string of the molecule is Cc1c(NC(=O)C(=C2CCCC2)c2ccc(Br)cc2)cccc1C(C)CC(=O)OC(C)(C)C. The average Bonchev–Trinajstić information content (AvgIpc) is 3.24. The van der Waals surface area contributed by atoms with E-state index in [2.05, 4.69) is 21.2 Å². The lowest BCUT2D eigenvalue weighted by atomic mass is 9.92. The number of halogens is 1. The summed E-state index contributed by atoms with van der Waals surface area (Å²) in [5.41, 5.74) is 5.25. The summed E-state index contributed by atoms with van der Waals surface area (Å²) in [5.74, 6) is -0.308. The first-order chi connectivity index (χ1) is 15.5. The first-order valence-electron chi connectivity index (χ1n) is 11.7. The molecule has 33 heavy (non-hydrogen) atoms. The maximum Gasteiger partial charge on any atom is 0.306 e. The molecule has 3 rings (SSSR count). The van der Waals surface area contributed by atoms with E-state index in [4.69, 9.17) is 4.74 Å². The average molecular weight is 512 g/mol. The van der Waals surface area contributed by atoms with Crippen molar-refractivity contribution in [2.45, 2.75) is 78.2 Å². The Morgan fingerprint density at radius 1 is 1.06 bits per heavy atom. The van der Waals surface area contributed by atoms with Crippen LogP contribution in [0.25, 0.3) is 5.57 Å². The summed E-state index contributed by atoms with van der Waals surface area (Å²) < 4.78 is 6.48. The fourth-order valence-electron chi connectivity index (χ4n) is 4.41. The number of anilines is 1. The Morgan fingerprint density at radius 3 is 2.30 bits per heavy atom. The molecule has 1 aliphatic carbocycles. The molecule has 1 unspecified atom stereocenters. The summed E-state index contributed by atoms with van der Waals surface area (Å²) in [6.45, 7) is 9.64. The van der Waals surface area contributed by atoms with Gasteiger partial charge in [-0.1, -0.05) is 52.7 Å². The summed E-state index contributed by atoms with van der Waals surface area (Å²) >= 11 is 3.48. The number of carbonyl (C=O) groups is 2. The number of ether oxygens (including phenoxy) is 1. The zero-order valence-electron chi connectivity index (χ0n) is 20.3. The molecule has 2 aromatic carbocycles. The monoisotopic (exact) mass is 511 g/mol. The van der Waals surface area contributed by atoms with Gasteiger partial charge in [0, 0.05) is 15.7 Å². The predicted molar refractivity (Wildman–Crippen MR) is 138 cm³/mol. The van der Waals surface area contributed by atoms with Crippen molar-refractivity contribution in [1.82, 2.24) is 0 Å². The highest BCUT2D eigenvalue weighted by Gasteiger charge is 2.23. The van der Waals surface area contributed by atoms with Crippen LogP contribution < -0.4 is 5.32 Å². The van der Waals surface area contributed by atoms with Gasteiger partial charge in [-0.25, -0.2) is 0 Å². The van der Waals surface area contributed by atoms with Crippen molar-refractivity contribution >= 4 is 39.1 Å². The second-order valence-corrected chi connectivity index (χ2v) is 10.8. The molecule has 1 aliphatic rings. The summed E-state index contributed by atoms with van der Waals surface area (Å²) in [4.78, 5) is 25.8. The molecule has 0 spiro atoms. The molecular weight excluding hydrogens is 478 g/mol. The Hall–Kier alpha value is -2.40. The van der Waals surface area contributed by atoms with E-state index in [1.807, 2.05) is 77.1 Å². The number of hydrogen-bond acceptors (Lipinski definition) is 3. The van der Waals surface area contributed by atoms with Crippen molar-refractivity contribution in [3.63, 3.8) is 0 Å². The Balaban J connectivity index is 1.83. The topological polar surface area (TPSA) is 55.4 Å². The Morgan fingerprint density at radius 2 is 1.70 bits per heavy atom. The van der Waals surface area contributed by atoms with E-state index in [1.165, 1.54) is 5.57 Å². The van der Waals surface area contributed by atoms with Crippen LogP contribution in [0.1, 0.15) is 82.4 Å². The van der Waals surface area contributed by atoms with E-state index in [-0.39, 0.29) is 17.8 Å². The third-order valence-corrected chi connectivity index (χ3v) is 6.50. The van der Waals surface area contributed by atoms with Crippen molar-refractivity contribution in [2.24, 2.45) is 0 Å². The second-order valence-electron chi connectivity index (χ2n) is 9.86. The molecule has 1 fully saturated rings. The molecule has 1 saturated carbocycles. The molecule has 176 valence electrons. The van der Waals surface area contributed by atoms with Crippen LogP contribution in [-0.2, 0) is 14.3 Å². The number of rotatable bonds is 6. The maximum atomic E-state index is 13.5. The fourth-order valence-corrected chi connectivity index (χ4v) is 4.68. The fraction of sp³-hybridized carbons (Fsp3) is 0.429. The Kier molecular flexibility index (Phi) is 8.17.